The number of aliphatic hydroxyl groups is 1. The molecule has 4 rings (SSSR count). The second kappa shape index (κ2) is 6.09. The molecule has 0 saturated heterocycles. The SMILES string of the molecule is CCCOC1C=C2CC[C@@H]3[C@H](CC[C@@]4(C)[C@H]3CC[C@@]4(C)O)[C@@]2(C)CC1. The standard InChI is InChI=1S/C23H38O2/c1-5-14-25-17-8-11-21(2)16(15-17)6-7-18-19(21)9-12-22(3)20(18)10-13-23(22,4)24/h15,17-20,24H,5-14H2,1-4H3/t17?,18-,19+,20+,21+,22+,23-/m1/s1. The summed E-state index contributed by atoms with van der Waals surface area (Å²) in [6.45, 7) is 10.2. The van der Waals surface area contributed by atoms with Gasteiger partial charge in [0.15, 0.2) is 0 Å². The van der Waals surface area contributed by atoms with Crippen LogP contribution in [0.1, 0.15) is 85.5 Å². The maximum atomic E-state index is 11.0. The van der Waals surface area contributed by atoms with Gasteiger partial charge in [0.2, 0.25) is 0 Å². The zero-order valence-corrected chi connectivity index (χ0v) is 16.8. The third kappa shape index (κ3) is 2.57. The Bertz CT molecular complexity index is 550. The molecule has 0 aliphatic heterocycles. The summed E-state index contributed by atoms with van der Waals surface area (Å²) in [6, 6.07) is 0. The first-order chi connectivity index (χ1) is 11.8. The van der Waals surface area contributed by atoms with Gasteiger partial charge in [0.25, 0.3) is 0 Å². The molecule has 0 aromatic carbocycles. The third-order valence-electron chi connectivity index (χ3n) is 9.17. The molecule has 1 N–H and O–H groups in total. The molecule has 3 fully saturated rings. The van der Waals surface area contributed by atoms with E-state index in [1.54, 1.807) is 5.57 Å². The fourth-order valence-corrected chi connectivity index (χ4v) is 7.34. The predicted molar refractivity (Wildman–Crippen MR) is 102 cm³/mol. The van der Waals surface area contributed by atoms with Crippen molar-refractivity contribution in [1.29, 1.82) is 0 Å². The van der Waals surface area contributed by atoms with E-state index in [0.29, 0.717) is 11.5 Å². The minimum absolute atomic E-state index is 0.146. The van der Waals surface area contributed by atoms with Gasteiger partial charge in [-0.1, -0.05) is 32.4 Å². The zero-order chi connectivity index (χ0) is 17.9. The number of fused-ring (bicyclic) bond motifs is 5. The van der Waals surface area contributed by atoms with Crippen LogP contribution in [-0.4, -0.2) is 23.4 Å². The van der Waals surface area contributed by atoms with Gasteiger partial charge in [0, 0.05) is 6.61 Å². The number of allylic oxidation sites excluding steroid dienone is 1. The number of hydrogen-bond acceptors (Lipinski definition) is 2. The summed E-state index contributed by atoms with van der Waals surface area (Å²) in [5.74, 6) is 2.38. The van der Waals surface area contributed by atoms with Crippen molar-refractivity contribution in [2.75, 3.05) is 6.61 Å². The average molecular weight is 347 g/mol. The molecule has 1 unspecified atom stereocenters. The molecule has 2 nitrogen and oxygen atoms in total. The van der Waals surface area contributed by atoms with Crippen LogP contribution < -0.4 is 0 Å². The van der Waals surface area contributed by atoms with E-state index >= 15 is 0 Å². The highest BCUT2D eigenvalue weighted by Gasteiger charge is 2.62. The molecule has 0 aromatic rings. The number of rotatable bonds is 3. The van der Waals surface area contributed by atoms with Gasteiger partial charge in [-0.15, -0.1) is 0 Å². The first-order valence-electron chi connectivity index (χ1n) is 10.9. The lowest BCUT2D eigenvalue weighted by atomic mass is 9.46. The highest BCUT2D eigenvalue weighted by Crippen LogP contribution is 2.67. The first-order valence-corrected chi connectivity index (χ1v) is 10.9. The second-order valence-corrected chi connectivity index (χ2v) is 10.2. The van der Waals surface area contributed by atoms with E-state index in [1.165, 1.54) is 44.9 Å². The molecule has 2 heteroatoms. The molecule has 3 saturated carbocycles. The highest BCUT2D eigenvalue weighted by molar-refractivity contribution is 5.26. The van der Waals surface area contributed by atoms with Gasteiger partial charge in [-0.05, 0) is 93.3 Å². The van der Waals surface area contributed by atoms with Crippen LogP contribution in [0.4, 0.5) is 0 Å². The van der Waals surface area contributed by atoms with Gasteiger partial charge in [-0.25, -0.2) is 0 Å². The molecular formula is C23H38O2. The predicted octanol–water partition coefficient (Wildman–Crippen LogP) is 5.50. The van der Waals surface area contributed by atoms with Crippen molar-refractivity contribution in [2.24, 2.45) is 28.6 Å². The van der Waals surface area contributed by atoms with E-state index in [-0.39, 0.29) is 5.41 Å². The van der Waals surface area contributed by atoms with E-state index in [9.17, 15) is 5.11 Å². The van der Waals surface area contributed by atoms with Crippen LogP contribution in [0.15, 0.2) is 11.6 Å². The topological polar surface area (TPSA) is 29.5 Å². The molecule has 0 bridgehead atoms. The normalized spacial score (nSPS) is 52.1. The Kier molecular flexibility index (Phi) is 4.40. The third-order valence-corrected chi connectivity index (χ3v) is 9.17. The summed E-state index contributed by atoms with van der Waals surface area (Å²) in [5.41, 5.74) is 1.79. The minimum atomic E-state index is -0.453. The molecule has 0 amide bonds. The lowest BCUT2D eigenvalue weighted by molar-refractivity contribution is -0.119. The number of hydrogen-bond donors (Lipinski definition) is 1. The van der Waals surface area contributed by atoms with Crippen molar-refractivity contribution in [1.82, 2.24) is 0 Å². The van der Waals surface area contributed by atoms with Gasteiger partial charge in [-0.2, -0.15) is 0 Å². The Morgan fingerprint density at radius 1 is 1.04 bits per heavy atom. The molecular weight excluding hydrogens is 308 g/mol. The fraction of sp³-hybridized carbons (Fsp3) is 0.913. The van der Waals surface area contributed by atoms with E-state index in [4.69, 9.17) is 4.74 Å². The van der Waals surface area contributed by atoms with Crippen LogP contribution in [0.3, 0.4) is 0 Å². The van der Waals surface area contributed by atoms with Crippen LogP contribution in [0, 0.1) is 28.6 Å². The summed E-state index contributed by atoms with van der Waals surface area (Å²) >= 11 is 0. The van der Waals surface area contributed by atoms with E-state index in [0.717, 1.165) is 37.2 Å². The smallest absolute Gasteiger partial charge is 0.0758 e. The van der Waals surface area contributed by atoms with Crippen LogP contribution in [0.5, 0.6) is 0 Å². The van der Waals surface area contributed by atoms with Gasteiger partial charge in [0.05, 0.1) is 11.7 Å². The minimum Gasteiger partial charge on any atom is -0.390 e. The summed E-state index contributed by atoms with van der Waals surface area (Å²) < 4.78 is 6.07. The van der Waals surface area contributed by atoms with Gasteiger partial charge < -0.3 is 9.84 Å². The summed E-state index contributed by atoms with van der Waals surface area (Å²) in [6.07, 6.45) is 13.8. The quantitative estimate of drug-likeness (QED) is 0.684. The van der Waals surface area contributed by atoms with Crippen molar-refractivity contribution >= 4 is 0 Å². The monoisotopic (exact) mass is 346 g/mol. The maximum absolute atomic E-state index is 11.0. The Morgan fingerprint density at radius 3 is 2.56 bits per heavy atom. The lowest BCUT2D eigenvalue weighted by Gasteiger charge is -2.59. The molecule has 142 valence electrons. The molecule has 0 radical (unpaired) electrons. The average Bonchev–Trinajstić information content (AvgIpc) is 2.82. The van der Waals surface area contributed by atoms with Crippen LogP contribution in [0.25, 0.3) is 0 Å². The zero-order valence-electron chi connectivity index (χ0n) is 16.8. The van der Waals surface area contributed by atoms with E-state index < -0.39 is 5.60 Å². The number of ether oxygens (including phenoxy) is 1. The molecule has 0 spiro atoms. The summed E-state index contributed by atoms with van der Waals surface area (Å²) in [4.78, 5) is 0. The van der Waals surface area contributed by atoms with Crippen molar-refractivity contribution in [3.63, 3.8) is 0 Å². The van der Waals surface area contributed by atoms with Gasteiger partial charge in [-0.3, -0.25) is 0 Å². The van der Waals surface area contributed by atoms with Crippen LogP contribution in [-0.2, 0) is 4.74 Å². The first kappa shape index (κ1) is 18.0. The van der Waals surface area contributed by atoms with Crippen molar-refractivity contribution < 1.29 is 9.84 Å². The Balaban J connectivity index is 1.58. The highest BCUT2D eigenvalue weighted by atomic mass is 16.5. The summed E-state index contributed by atoms with van der Waals surface area (Å²) in [5, 5.41) is 11.0. The van der Waals surface area contributed by atoms with Gasteiger partial charge >= 0.3 is 0 Å². The van der Waals surface area contributed by atoms with Crippen molar-refractivity contribution in [2.45, 2.75) is 97.2 Å². The van der Waals surface area contributed by atoms with Gasteiger partial charge in [0.1, 0.15) is 0 Å². The van der Waals surface area contributed by atoms with Crippen LogP contribution in [0.2, 0.25) is 0 Å². The van der Waals surface area contributed by atoms with E-state index in [2.05, 4.69) is 33.8 Å². The second-order valence-electron chi connectivity index (χ2n) is 10.2. The summed E-state index contributed by atoms with van der Waals surface area (Å²) in [7, 11) is 0. The molecule has 0 heterocycles. The van der Waals surface area contributed by atoms with E-state index in [1.807, 2.05) is 0 Å². The molecule has 25 heavy (non-hydrogen) atoms. The molecule has 7 atom stereocenters. The molecule has 4 aliphatic rings. The fourth-order valence-electron chi connectivity index (χ4n) is 7.34. The Morgan fingerprint density at radius 2 is 1.80 bits per heavy atom. The van der Waals surface area contributed by atoms with Crippen molar-refractivity contribution in [3.05, 3.63) is 11.6 Å². The molecule has 0 aromatic heterocycles. The van der Waals surface area contributed by atoms with Crippen LogP contribution >= 0.6 is 0 Å². The Labute approximate surface area is 154 Å². The van der Waals surface area contributed by atoms with Crippen molar-refractivity contribution in [3.8, 4) is 0 Å². The largest absolute Gasteiger partial charge is 0.390 e. The lowest BCUT2D eigenvalue weighted by Crippen LogP contribution is -2.54. The Hall–Kier alpha value is -0.340. The maximum Gasteiger partial charge on any atom is 0.0758 e. The molecule has 4 aliphatic carbocycles.